The van der Waals surface area contributed by atoms with Gasteiger partial charge in [-0.1, -0.05) is 20.8 Å². The Labute approximate surface area is 142 Å². The van der Waals surface area contributed by atoms with Gasteiger partial charge in [0.15, 0.2) is 0 Å². The van der Waals surface area contributed by atoms with Crippen molar-refractivity contribution in [2.45, 2.75) is 81.2 Å². The molecule has 1 saturated heterocycles. The van der Waals surface area contributed by atoms with Crippen molar-refractivity contribution in [2.75, 3.05) is 13.2 Å². The molecule has 23 heavy (non-hydrogen) atoms. The lowest BCUT2D eigenvalue weighted by Gasteiger charge is -2.41. The van der Waals surface area contributed by atoms with E-state index in [-0.39, 0.29) is 17.3 Å². The summed E-state index contributed by atoms with van der Waals surface area (Å²) in [5.41, 5.74) is -0.547. The predicted molar refractivity (Wildman–Crippen MR) is 90.2 cm³/mol. The molecule has 0 aromatic heterocycles. The van der Waals surface area contributed by atoms with E-state index in [2.05, 4.69) is 26.1 Å². The fraction of sp³-hybridized carbons (Fsp3) is 1.00. The molecule has 1 heterocycles. The summed E-state index contributed by atoms with van der Waals surface area (Å²) in [7, 11) is 0. The number of hydrogen-bond acceptors (Lipinski definition) is 7. The number of rotatable bonds is 6. The summed E-state index contributed by atoms with van der Waals surface area (Å²) in [6.07, 6.45) is -1.43. The third kappa shape index (κ3) is 4.39. The summed E-state index contributed by atoms with van der Waals surface area (Å²) in [4.78, 5) is 0. The van der Waals surface area contributed by atoms with Crippen LogP contribution >= 0.6 is 11.8 Å². The zero-order valence-corrected chi connectivity index (χ0v) is 15.0. The normalized spacial score (nSPS) is 43.7. The topological polar surface area (TPSA) is 102 Å². The van der Waals surface area contributed by atoms with E-state index in [1.165, 1.54) is 11.8 Å². The summed E-state index contributed by atoms with van der Waals surface area (Å²) >= 11 is 1.51. The Morgan fingerprint density at radius 3 is 2.48 bits per heavy atom. The molecule has 2 fully saturated rings. The quantitative estimate of drug-likeness (QED) is 0.463. The van der Waals surface area contributed by atoms with Crippen molar-refractivity contribution in [3.8, 4) is 0 Å². The maximum atomic E-state index is 10.2. The Morgan fingerprint density at radius 2 is 1.87 bits per heavy atom. The van der Waals surface area contributed by atoms with Crippen LogP contribution in [0.3, 0.4) is 0 Å². The monoisotopic (exact) mass is 349 g/mol. The number of aliphatic hydroxyl groups is 4. The van der Waals surface area contributed by atoms with Crippen molar-refractivity contribution in [2.24, 2.45) is 5.41 Å². The van der Waals surface area contributed by atoms with E-state index >= 15 is 0 Å². The van der Waals surface area contributed by atoms with Gasteiger partial charge in [0.1, 0.15) is 29.9 Å². The van der Waals surface area contributed by atoms with Crippen LogP contribution in [0.2, 0.25) is 0 Å². The zero-order valence-electron chi connectivity index (χ0n) is 14.2. The van der Waals surface area contributed by atoms with Crippen molar-refractivity contribution in [1.29, 1.82) is 0 Å². The minimum absolute atomic E-state index is 0.0921. The first kappa shape index (κ1) is 19.4. The zero-order chi connectivity index (χ0) is 17.2. The van der Waals surface area contributed by atoms with Crippen LogP contribution in [-0.4, -0.2) is 74.7 Å². The van der Waals surface area contributed by atoms with E-state index in [1.807, 2.05) is 0 Å². The molecule has 1 saturated carbocycles. The second kappa shape index (κ2) is 7.99. The molecule has 0 radical (unpaired) electrons. The molecule has 0 bridgehead atoms. The standard InChI is InChI=1S/C16H31NO5S/c1-4-5-17-9-6-11(16(2,3)7-9)23-15-14(21)13(20)12(19)10(8-18)22-15/h9-15,17-21H,4-8H2,1-3H3/t9?,10-,11?,12+,13+,14-,15+/m1/s1. The first-order chi connectivity index (χ1) is 10.8. The van der Waals surface area contributed by atoms with Crippen molar-refractivity contribution in [3.05, 3.63) is 0 Å². The van der Waals surface area contributed by atoms with Gasteiger partial charge in [0, 0.05) is 11.3 Å². The largest absolute Gasteiger partial charge is 0.394 e. The first-order valence-electron chi connectivity index (χ1n) is 8.49. The van der Waals surface area contributed by atoms with E-state index in [0.717, 1.165) is 25.8 Å². The Bertz CT molecular complexity index is 381. The van der Waals surface area contributed by atoms with Gasteiger partial charge in [0.2, 0.25) is 0 Å². The Balaban J connectivity index is 1.99. The summed E-state index contributed by atoms with van der Waals surface area (Å²) < 4.78 is 5.63. The molecule has 0 spiro atoms. The lowest BCUT2D eigenvalue weighted by atomic mass is 9.91. The third-order valence-electron chi connectivity index (χ3n) is 4.97. The predicted octanol–water partition coefficient (Wildman–Crippen LogP) is 0.0763. The fourth-order valence-corrected chi connectivity index (χ4v) is 5.17. The van der Waals surface area contributed by atoms with E-state index in [9.17, 15) is 20.4 Å². The summed E-state index contributed by atoms with van der Waals surface area (Å²) in [6.45, 7) is 7.19. The van der Waals surface area contributed by atoms with Crippen molar-refractivity contribution >= 4 is 11.8 Å². The van der Waals surface area contributed by atoms with Gasteiger partial charge in [0.25, 0.3) is 0 Å². The molecule has 0 aromatic carbocycles. The van der Waals surface area contributed by atoms with Crippen molar-refractivity contribution in [3.63, 3.8) is 0 Å². The SMILES string of the molecule is CCCNC1CC(S[C@@H]2O[C@H](CO)[C@H](O)[C@H](O)[C@H]2O)C(C)(C)C1. The van der Waals surface area contributed by atoms with Crippen LogP contribution < -0.4 is 5.32 Å². The summed E-state index contributed by atoms with van der Waals surface area (Å²) in [6, 6.07) is 0.451. The molecule has 2 rings (SSSR count). The smallest absolute Gasteiger partial charge is 0.132 e. The van der Waals surface area contributed by atoms with E-state index in [4.69, 9.17) is 4.74 Å². The number of nitrogens with one attached hydrogen (secondary N) is 1. The van der Waals surface area contributed by atoms with Crippen LogP contribution in [0.4, 0.5) is 0 Å². The van der Waals surface area contributed by atoms with Gasteiger partial charge in [-0.2, -0.15) is 0 Å². The third-order valence-corrected chi connectivity index (χ3v) is 6.79. The molecule has 2 aliphatic rings. The minimum Gasteiger partial charge on any atom is -0.394 e. The molecule has 2 unspecified atom stereocenters. The lowest BCUT2D eigenvalue weighted by Crippen LogP contribution is -2.58. The molecule has 6 nitrogen and oxygen atoms in total. The van der Waals surface area contributed by atoms with Crippen LogP contribution in [0.1, 0.15) is 40.0 Å². The summed E-state index contributed by atoms with van der Waals surface area (Å²) in [5.74, 6) is 0. The maximum absolute atomic E-state index is 10.2. The average molecular weight is 349 g/mol. The Morgan fingerprint density at radius 1 is 1.17 bits per heavy atom. The molecular formula is C16H31NO5S. The Kier molecular flexibility index (Phi) is 6.75. The van der Waals surface area contributed by atoms with E-state index in [1.54, 1.807) is 0 Å². The molecule has 5 N–H and O–H groups in total. The number of ether oxygens (including phenoxy) is 1. The molecule has 1 aliphatic heterocycles. The molecule has 7 atom stereocenters. The van der Waals surface area contributed by atoms with Crippen LogP contribution in [0.25, 0.3) is 0 Å². The molecular weight excluding hydrogens is 318 g/mol. The minimum atomic E-state index is -1.29. The van der Waals surface area contributed by atoms with Crippen molar-refractivity contribution < 1.29 is 25.2 Å². The van der Waals surface area contributed by atoms with Crippen LogP contribution in [0.5, 0.6) is 0 Å². The van der Waals surface area contributed by atoms with Gasteiger partial charge in [-0.3, -0.25) is 0 Å². The van der Waals surface area contributed by atoms with Gasteiger partial charge >= 0.3 is 0 Å². The molecule has 7 heteroatoms. The van der Waals surface area contributed by atoms with Crippen LogP contribution in [-0.2, 0) is 4.74 Å². The second-order valence-electron chi connectivity index (χ2n) is 7.40. The highest BCUT2D eigenvalue weighted by molar-refractivity contribution is 8.00. The highest BCUT2D eigenvalue weighted by atomic mass is 32.2. The van der Waals surface area contributed by atoms with Gasteiger partial charge in [-0.05, 0) is 31.2 Å². The van der Waals surface area contributed by atoms with Gasteiger partial charge in [-0.15, -0.1) is 11.8 Å². The van der Waals surface area contributed by atoms with Crippen LogP contribution in [0, 0.1) is 5.41 Å². The van der Waals surface area contributed by atoms with Gasteiger partial charge in [0.05, 0.1) is 6.61 Å². The number of aliphatic hydroxyl groups excluding tert-OH is 4. The average Bonchev–Trinajstić information content (AvgIpc) is 2.79. The molecule has 0 aromatic rings. The van der Waals surface area contributed by atoms with Crippen LogP contribution in [0.15, 0.2) is 0 Å². The van der Waals surface area contributed by atoms with Gasteiger partial charge in [-0.25, -0.2) is 0 Å². The number of thioether (sulfide) groups is 1. The Hall–Kier alpha value is 0.110. The number of hydrogen-bond donors (Lipinski definition) is 5. The lowest BCUT2D eigenvalue weighted by molar-refractivity contribution is -0.205. The van der Waals surface area contributed by atoms with E-state index in [0.29, 0.717) is 6.04 Å². The summed E-state index contributed by atoms with van der Waals surface area (Å²) in [5, 5.41) is 43.1. The molecule has 1 aliphatic carbocycles. The molecule has 0 amide bonds. The van der Waals surface area contributed by atoms with Crippen molar-refractivity contribution in [1.82, 2.24) is 5.32 Å². The maximum Gasteiger partial charge on any atom is 0.132 e. The fourth-order valence-electron chi connectivity index (χ4n) is 3.51. The first-order valence-corrected chi connectivity index (χ1v) is 9.43. The van der Waals surface area contributed by atoms with E-state index < -0.39 is 29.9 Å². The second-order valence-corrected chi connectivity index (χ2v) is 8.71. The molecule has 136 valence electrons. The highest BCUT2D eigenvalue weighted by Crippen LogP contribution is 2.47. The highest BCUT2D eigenvalue weighted by Gasteiger charge is 2.48. The van der Waals surface area contributed by atoms with Gasteiger partial charge < -0.3 is 30.5 Å².